The fourth-order valence-corrected chi connectivity index (χ4v) is 4.70. The number of guanidine groups is 1. The summed E-state index contributed by atoms with van der Waals surface area (Å²) >= 11 is 1.65. The zero-order chi connectivity index (χ0) is 19.1. The predicted molar refractivity (Wildman–Crippen MR) is 116 cm³/mol. The van der Waals surface area contributed by atoms with Crippen LogP contribution in [0.1, 0.15) is 37.2 Å². The van der Waals surface area contributed by atoms with Crippen molar-refractivity contribution in [2.45, 2.75) is 32.3 Å². The summed E-state index contributed by atoms with van der Waals surface area (Å²) in [4.78, 5) is 7.85. The van der Waals surface area contributed by atoms with Crippen LogP contribution in [0.2, 0.25) is 0 Å². The van der Waals surface area contributed by atoms with E-state index in [2.05, 4.69) is 45.6 Å². The van der Waals surface area contributed by atoms with Gasteiger partial charge in [0.1, 0.15) is 6.10 Å². The van der Waals surface area contributed by atoms with Gasteiger partial charge in [-0.1, -0.05) is 25.1 Å². The van der Waals surface area contributed by atoms with Gasteiger partial charge in [0.05, 0.1) is 0 Å². The highest BCUT2D eigenvalue weighted by molar-refractivity contribution is 7.19. The molecule has 0 spiro atoms. The second-order valence-electron chi connectivity index (χ2n) is 7.32. The Morgan fingerprint density at radius 3 is 2.78 bits per heavy atom. The van der Waals surface area contributed by atoms with Gasteiger partial charge in [0.2, 0.25) is 0 Å². The van der Waals surface area contributed by atoms with Crippen molar-refractivity contribution in [1.29, 1.82) is 0 Å². The summed E-state index contributed by atoms with van der Waals surface area (Å²) in [5, 5.41) is 18.4. The number of piperidine rings is 1. The summed E-state index contributed by atoms with van der Waals surface area (Å²) in [6.07, 6.45) is 3.20. The van der Waals surface area contributed by atoms with E-state index < -0.39 is 6.10 Å². The van der Waals surface area contributed by atoms with Gasteiger partial charge in [0.25, 0.3) is 0 Å². The number of hydrogen-bond acceptors (Lipinski definition) is 4. The van der Waals surface area contributed by atoms with Crippen LogP contribution in [0.5, 0.6) is 0 Å². The van der Waals surface area contributed by atoms with E-state index in [0.29, 0.717) is 12.5 Å². The zero-order valence-corrected chi connectivity index (χ0v) is 17.3. The largest absolute Gasteiger partial charge is 0.386 e. The maximum atomic E-state index is 10.5. The summed E-state index contributed by atoms with van der Waals surface area (Å²) in [6, 6.07) is 10.3. The van der Waals surface area contributed by atoms with Crippen molar-refractivity contribution in [3.05, 3.63) is 35.2 Å². The van der Waals surface area contributed by atoms with Crippen molar-refractivity contribution in [2.75, 3.05) is 39.8 Å². The topological polar surface area (TPSA) is 59.9 Å². The number of nitrogens with one attached hydrogen (secondary N) is 2. The minimum Gasteiger partial charge on any atom is -0.386 e. The Morgan fingerprint density at radius 2 is 2.07 bits per heavy atom. The van der Waals surface area contributed by atoms with E-state index in [4.69, 9.17) is 0 Å². The summed E-state index contributed by atoms with van der Waals surface area (Å²) in [5.74, 6) is 1.47. The standard InChI is InChI=1S/C21H32N4OS/c1-3-10-25-11-8-16(9-12-25)14-23-21(22-2)24-15-18(26)20-13-17-6-4-5-7-19(17)27-20/h4-7,13,16,18,26H,3,8-12,14-15H2,1-2H3,(H2,22,23,24). The molecule has 2 aromatic rings. The van der Waals surface area contributed by atoms with Gasteiger partial charge in [-0.05, 0) is 62.3 Å². The van der Waals surface area contributed by atoms with Crippen LogP contribution in [-0.2, 0) is 0 Å². The number of hydrogen-bond donors (Lipinski definition) is 3. The lowest BCUT2D eigenvalue weighted by Crippen LogP contribution is -2.43. The lowest BCUT2D eigenvalue weighted by Gasteiger charge is -2.32. The Morgan fingerprint density at radius 1 is 1.30 bits per heavy atom. The molecule has 3 rings (SSSR count). The smallest absolute Gasteiger partial charge is 0.191 e. The van der Waals surface area contributed by atoms with Gasteiger partial charge in [-0.25, -0.2) is 0 Å². The first-order chi connectivity index (χ1) is 13.2. The number of aliphatic imine (C=N–C) groups is 1. The summed E-state index contributed by atoms with van der Waals surface area (Å²) < 4.78 is 1.21. The monoisotopic (exact) mass is 388 g/mol. The molecule has 1 saturated heterocycles. The molecule has 0 saturated carbocycles. The van der Waals surface area contributed by atoms with Crippen LogP contribution in [0.25, 0.3) is 10.1 Å². The summed E-state index contributed by atoms with van der Waals surface area (Å²) in [5.41, 5.74) is 0. The molecule has 2 heterocycles. The molecule has 148 valence electrons. The Balaban J connectivity index is 1.42. The molecule has 0 aliphatic carbocycles. The normalized spacial score (nSPS) is 18.0. The quantitative estimate of drug-likeness (QED) is 0.503. The highest BCUT2D eigenvalue weighted by atomic mass is 32.1. The lowest BCUT2D eigenvalue weighted by molar-refractivity contribution is 0.182. The van der Waals surface area contributed by atoms with Crippen LogP contribution >= 0.6 is 11.3 Å². The molecule has 1 aliphatic heterocycles. The van der Waals surface area contributed by atoms with Crippen molar-refractivity contribution in [1.82, 2.24) is 15.5 Å². The molecule has 1 aliphatic rings. The Bertz CT molecular complexity index is 704. The molecule has 5 nitrogen and oxygen atoms in total. The minimum absolute atomic E-state index is 0.460. The molecule has 0 radical (unpaired) electrons. The first-order valence-electron chi connectivity index (χ1n) is 10.0. The zero-order valence-electron chi connectivity index (χ0n) is 16.4. The highest BCUT2D eigenvalue weighted by Gasteiger charge is 2.19. The van der Waals surface area contributed by atoms with Crippen molar-refractivity contribution in [2.24, 2.45) is 10.9 Å². The van der Waals surface area contributed by atoms with E-state index in [-0.39, 0.29) is 0 Å². The average molecular weight is 389 g/mol. The van der Waals surface area contributed by atoms with Crippen LogP contribution < -0.4 is 10.6 Å². The highest BCUT2D eigenvalue weighted by Crippen LogP contribution is 2.29. The van der Waals surface area contributed by atoms with Crippen LogP contribution in [-0.4, -0.2) is 55.7 Å². The number of rotatable bonds is 7. The maximum absolute atomic E-state index is 10.5. The van der Waals surface area contributed by atoms with Gasteiger partial charge in [-0.15, -0.1) is 11.3 Å². The Hall–Kier alpha value is -1.63. The average Bonchev–Trinajstić information content (AvgIpc) is 3.14. The number of nitrogens with zero attached hydrogens (tertiary/aromatic N) is 2. The molecule has 1 aromatic carbocycles. The SMILES string of the molecule is CCCN1CCC(CNC(=NC)NCC(O)c2cc3ccccc3s2)CC1. The van der Waals surface area contributed by atoms with Gasteiger partial charge < -0.3 is 20.6 Å². The van der Waals surface area contributed by atoms with Crippen LogP contribution in [0.15, 0.2) is 35.3 Å². The third kappa shape index (κ3) is 5.67. The van der Waals surface area contributed by atoms with Gasteiger partial charge in [-0.3, -0.25) is 4.99 Å². The first-order valence-corrected chi connectivity index (χ1v) is 10.8. The van der Waals surface area contributed by atoms with E-state index in [1.807, 2.05) is 12.1 Å². The van der Waals surface area contributed by atoms with E-state index in [9.17, 15) is 5.11 Å². The second kappa shape index (κ2) is 10.1. The van der Waals surface area contributed by atoms with Gasteiger partial charge in [-0.2, -0.15) is 0 Å². The maximum Gasteiger partial charge on any atom is 0.191 e. The van der Waals surface area contributed by atoms with Crippen molar-refractivity contribution in [3.8, 4) is 0 Å². The number of fused-ring (bicyclic) bond motifs is 1. The van der Waals surface area contributed by atoms with Crippen LogP contribution in [0.4, 0.5) is 0 Å². The van der Waals surface area contributed by atoms with E-state index in [1.54, 1.807) is 18.4 Å². The minimum atomic E-state index is -0.529. The fourth-order valence-electron chi connectivity index (χ4n) is 3.65. The third-order valence-electron chi connectivity index (χ3n) is 5.26. The van der Waals surface area contributed by atoms with Crippen LogP contribution in [0, 0.1) is 5.92 Å². The van der Waals surface area contributed by atoms with Crippen molar-refractivity contribution < 1.29 is 5.11 Å². The van der Waals surface area contributed by atoms with Crippen molar-refractivity contribution >= 4 is 27.4 Å². The molecule has 1 unspecified atom stereocenters. The number of thiophene rings is 1. The number of likely N-dealkylation sites (tertiary alicyclic amines) is 1. The molecule has 27 heavy (non-hydrogen) atoms. The lowest BCUT2D eigenvalue weighted by atomic mass is 9.97. The molecular weight excluding hydrogens is 356 g/mol. The summed E-state index contributed by atoms with van der Waals surface area (Å²) in [6.45, 7) is 7.28. The predicted octanol–water partition coefficient (Wildman–Crippen LogP) is 3.22. The number of aliphatic hydroxyl groups is 1. The number of aliphatic hydroxyl groups excluding tert-OH is 1. The van der Waals surface area contributed by atoms with E-state index >= 15 is 0 Å². The molecule has 1 aromatic heterocycles. The first kappa shape index (κ1) is 20.1. The van der Waals surface area contributed by atoms with Crippen molar-refractivity contribution in [3.63, 3.8) is 0 Å². The van der Waals surface area contributed by atoms with Gasteiger partial charge in [0.15, 0.2) is 5.96 Å². The van der Waals surface area contributed by atoms with E-state index in [1.165, 1.54) is 49.0 Å². The molecule has 0 bridgehead atoms. The fraction of sp³-hybridized carbons (Fsp3) is 0.571. The molecular formula is C21H32N4OS. The van der Waals surface area contributed by atoms with Crippen LogP contribution in [0.3, 0.4) is 0 Å². The summed E-state index contributed by atoms with van der Waals surface area (Å²) in [7, 11) is 1.78. The van der Waals surface area contributed by atoms with Gasteiger partial charge >= 0.3 is 0 Å². The Labute approximate surface area is 166 Å². The Kier molecular flexibility index (Phi) is 7.50. The van der Waals surface area contributed by atoms with Gasteiger partial charge in [0, 0.05) is 29.7 Å². The molecule has 1 fully saturated rings. The molecule has 0 amide bonds. The second-order valence-corrected chi connectivity index (χ2v) is 8.44. The third-order valence-corrected chi connectivity index (χ3v) is 6.48. The molecule has 6 heteroatoms. The molecule has 3 N–H and O–H groups in total. The van der Waals surface area contributed by atoms with E-state index in [0.717, 1.165) is 17.4 Å². The number of benzene rings is 1. The molecule has 1 atom stereocenters.